The first-order chi connectivity index (χ1) is 7.92. The van der Waals surface area contributed by atoms with Gasteiger partial charge in [-0.2, -0.15) is 12.6 Å². The first kappa shape index (κ1) is 15.8. The van der Waals surface area contributed by atoms with Gasteiger partial charge in [0.2, 0.25) is 5.91 Å². The smallest absolute Gasteiger partial charge is 0.323 e. The summed E-state index contributed by atoms with van der Waals surface area (Å²) >= 11 is 3.98. The highest BCUT2D eigenvalue weighted by Crippen LogP contribution is 2.05. The fraction of sp³-hybridized carbons (Fsp3) is 0.700. The van der Waals surface area contributed by atoms with E-state index < -0.39 is 18.5 Å². The molecular weight excluding hydrogens is 246 g/mol. The third kappa shape index (κ3) is 6.15. The topological polar surface area (TPSA) is 83.9 Å². The molecule has 1 amide bonds. The highest BCUT2D eigenvalue weighted by molar-refractivity contribution is 7.80. The van der Waals surface area contributed by atoms with Crippen LogP contribution in [0.1, 0.15) is 13.3 Å². The SMILES string of the molecule is COC(=O)CCN(CC(=O)O)C(=O)[C@H](C)CS. The molecule has 6 nitrogen and oxygen atoms in total. The number of hydrogen-bond donors (Lipinski definition) is 2. The number of nitrogens with zero attached hydrogens (tertiary/aromatic N) is 1. The first-order valence-electron chi connectivity index (χ1n) is 5.10. The van der Waals surface area contributed by atoms with Gasteiger partial charge in [0.15, 0.2) is 0 Å². The number of carbonyl (C=O) groups is 3. The Bertz CT molecular complexity index is 294. The number of carbonyl (C=O) groups excluding carboxylic acids is 2. The van der Waals surface area contributed by atoms with E-state index in [9.17, 15) is 14.4 Å². The molecule has 0 aromatic heterocycles. The average molecular weight is 263 g/mol. The maximum absolute atomic E-state index is 11.8. The predicted octanol–water partition coefficient (Wildman–Crippen LogP) is 0.0286. The van der Waals surface area contributed by atoms with E-state index in [1.54, 1.807) is 6.92 Å². The van der Waals surface area contributed by atoms with E-state index in [4.69, 9.17) is 5.11 Å². The molecule has 0 aliphatic carbocycles. The molecule has 0 aromatic carbocycles. The summed E-state index contributed by atoms with van der Waals surface area (Å²) in [6.45, 7) is 1.27. The molecule has 7 heteroatoms. The van der Waals surface area contributed by atoms with Gasteiger partial charge in [-0.15, -0.1) is 0 Å². The average Bonchev–Trinajstić information content (AvgIpc) is 2.31. The lowest BCUT2D eigenvalue weighted by Gasteiger charge is -2.23. The maximum atomic E-state index is 11.8. The fourth-order valence-electron chi connectivity index (χ4n) is 1.15. The summed E-state index contributed by atoms with van der Waals surface area (Å²) < 4.78 is 4.43. The number of rotatable bonds is 7. The molecule has 0 fully saturated rings. The van der Waals surface area contributed by atoms with Crippen molar-refractivity contribution in [2.75, 3.05) is 26.0 Å². The quantitative estimate of drug-likeness (QED) is 0.500. The third-order valence-corrected chi connectivity index (χ3v) is 2.69. The number of carboxylic acids is 1. The first-order valence-corrected chi connectivity index (χ1v) is 5.73. The van der Waals surface area contributed by atoms with Crippen molar-refractivity contribution in [3.63, 3.8) is 0 Å². The Morgan fingerprint density at radius 3 is 2.41 bits per heavy atom. The van der Waals surface area contributed by atoms with E-state index in [0.717, 1.165) is 4.90 Å². The van der Waals surface area contributed by atoms with Crippen LogP contribution in [-0.2, 0) is 19.1 Å². The van der Waals surface area contributed by atoms with Crippen molar-refractivity contribution in [2.45, 2.75) is 13.3 Å². The second-order valence-corrected chi connectivity index (χ2v) is 3.93. The van der Waals surface area contributed by atoms with Gasteiger partial charge in [-0.3, -0.25) is 14.4 Å². The summed E-state index contributed by atoms with van der Waals surface area (Å²) in [5, 5.41) is 8.68. The molecule has 98 valence electrons. The molecule has 0 radical (unpaired) electrons. The Kier molecular flexibility index (Phi) is 7.36. The molecule has 0 aliphatic heterocycles. The minimum Gasteiger partial charge on any atom is -0.480 e. The van der Waals surface area contributed by atoms with Crippen molar-refractivity contribution in [1.82, 2.24) is 4.90 Å². The van der Waals surface area contributed by atoms with E-state index in [-0.39, 0.29) is 24.8 Å². The minimum atomic E-state index is -1.12. The van der Waals surface area contributed by atoms with Gasteiger partial charge in [0.25, 0.3) is 0 Å². The van der Waals surface area contributed by atoms with Crippen LogP contribution in [0.2, 0.25) is 0 Å². The Morgan fingerprint density at radius 1 is 1.41 bits per heavy atom. The number of amides is 1. The molecule has 0 spiro atoms. The third-order valence-electron chi connectivity index (χ3n) is 2.15. The summed E-state index contributed by atoms with van der Waals surface area (Å²) in [6, 6.07) is 0. The second kappa shape index (κ2) is 7.94. The lowest BCUT2D eigenvalue weighted by molar-refractivity contribution is -0.148. The molecular formula is C10H17NO5S. The summed E-state index contributed by atoms with van der Waals surface area (Å²) in [5.74, 6) is -1.98. The van der Waals surface area contributed by atoms with Crippen LogP contribution in [0.5, 0.6) is 0 Å². The van der Waals surface area contributed by atoms with Crippen LogP contribution in [0.25, 0.3) is 0 Å². The fourth-order valence-corrected chi connectivity index (χ4v) is 1.30. The normalized spacial score (nSPS) is 11.7. The van der Waals surface area contributed by atoms with Crippen LogP contribution in [-0.4, -0.2) is 53.8 Å². The summed E-state index contributed by atoms with van der Waals surface area (Å²) in [4.78, 5) is 34.4. The van der Waals surface area contributed by atoms with Gasteiger partial charge in [0.1, 0.15) is 6.54 Å². The lowest BCUT2D eigenvalue weighted by atomic mass is 10.2. The molecule has 0 aromatic rings. The number of hydrogen-bond acceptors (Lipinski definition) is 5. The van der Waals surface area contributed by atoms with Crippen LogP contribution in [0, 0.1) is 5.92 Å². The number of aliphatic carboxylic acids is 1. The largest absolute Gasteiger partial charge is 0.480 e. The molecule has 1 N–H and O–H groups in total. The Morgan fingerprint density at radius 2 is 2.00 bits per heavy atom. The number of esters is 1. The van der Waals surface area contributed by atoms with Crippen LogP contribution in [0.15, 0.2) is 0 Å². The van der Waals surface area contributed by atoms with Crippen molar-refractivity contribution in [2.24, 2.45) is 5.92 Å². The maximum Gasteiger partial charge on any atom is 0.323 e. The van der Waals surface area contributed by atoms with E-state index in [1.807, 2.05) is 0 Å². The van der Waals surface area contributed by atoms with Gasteiger partial charge in [-0.05, 0) is 0 Å². The molecule has 1 atom stereocenters. The van der Waals surface area contributed by atoms with Gasteiger partial charge in [0, 0.05) is 18.2 Å². The molecule has 0 heterocycles. The molecule has 0 unspecified atom stereocenters. The molecule has 0 saturated carbocycles. The van der Waals surface area contributed by atoms with Crippen LogP contribution >= 0.6 is 12.6 Å². The van der Waals surface area contributed by atoms with Crippen molar-refractivity contribution < 1.29 is 24.2 Å². The zero-order valence-corrected chi connectivity index (χ0v) is 10.8. The number of carboxylic acid groups (broad SMARTS) is 1. The molecule has 0 bridgehead atoms. The van der Waals surface area contributed by atoms with Crippen molar-refractivity contribution in [1.29, 1.82) is 0 Å². The number of thiol groups is 1. The monoisotopic (exact) mass is 263 g/mol. The van der Waals surface area contributed by atoms with Gasteiger partial charge in [0.05, 0.1) is 13.5 Å². The van der Waals surface area contributed by atoms with Crippen molar-refractivity contribution in [3.8, 4) is 0 Å². The minimum absolute atomic E-state index is 0.0190. The van der Waals surface area contributed by atoms with Crippen LogP contribution in [0.3, 0.4) is 0 Å². The van der Waals surface area contributed by atoms with Gasteiger partial charge in [-0.25, -0.2) is 0 Å². The van der Waals surface area contributed by atoms with Gasteiger partial charge >= 0.3 is 11.9 Å². The van der Waals surface area contributed by atoms with Crippen molar-refractivity contribution in [3.05, 3.63) is 0 Å². The zero-order valence-electron chi connectivity index (χ0n) is 9.88. The Labute approximate surface area is 105 Å². The van der Waals surface area contributed by atoms with Gasteiger partial charge < -0.3 is 14.7 Å². The standard InChI is InChI=1S/C10H17NO5S/c1-7(6-17)10(15)11(5-8(12)13)4-3-9(14)16-2/h7,17H,3-6H2,1-2H3,(H,12,13)/t7-/m1/s1. The summed E-state index contributed by atoms with van der Waals surface area (Å²) in [5.41, 5.74) is 0. The van der Waals surface area contributed by atoms with E-state index >= 15 is 0 Å². The van der Waals surface area contributed by atoms with Crippen LogP contribution in [0.4, 0.5) is 0 Å². The predicted molar refractivity (Wildman–Crippen MR) is 63.9 cm³/mol. The Hall–Kier alpha value is -1.24. The van der Waals surface area contributed by atoms with Crippen molar-refractivity contribution >= 4 is 30.5 Å². The highest BCUT2D eigenvalue weighted by Gasteiger charge is 2.22. The van der Waals surface area contributed by atoms with E-state index in [1.165, 1.54) is 7.11 Å². The van der Waals surface area contributed by atoms with E-state index in [2.05, 4.69) is 17.4 Å². The zero-order chi connectivity index (χ0) is 13.4. The second-order valence-electron chi connectivity index (χ2n) is 3.56. The lowest BCUT2D eigenvalue weighted by Crippen LogP contribution is -2.40. The molecule has 17 heavy (non-hydrogen) atoms. The number of methoxy groups -OCH3 is 1. The molecule has 0 rings (SSSR count). The molecule has 0 aliphatic rings. The van der Waals surface area contributed by atoms with E-state index in [0.29, 0.717) is 5.75 Å². The summed E-state index contributed by atoms with van der Waals surface area (Å²) in [6.07, 6.45) is -0.0190. The highest BCUT2D eigenvalue weighted by atomic mass is 32.1. The van der Waals surface area contributed by atoms with Crippen LogP contribution < -0.4 is 0 Å². The molecule has 0 saturated heterocycles. The Balaban J connectivity index is 4.47. The summed E-state index contributed by atoms with van der Waals surface area (Å²) in [7, 11) is 1.24. The number of ether oxygens (including phenoxy) is 1. The van der Waals surface area contributed by atoms with Gasteiger partial charge in [-0.1, -0.05) is 6.92 Å².